The summed E-state index contributed by atoms with van der Waals surface area (Å²) in [6.07, 6.45) is 2.25. The molecule has 6 atom stereocenters. The molecule has 1 aromatic heterocycles. The Morgan fingerprint density at radius 2 is 1.48 bits per heavy atom. The number of benzene rings is 4. The summed E-state index contributed by atoms with van der Waals surface area (Å²) in [5.74, 6) is 1.21. The van der Waals surface area contributed by atoms with E-state index in [0.29, 0.717) is 47.2 Å². The molecular weight excluding hydrogens is 857 g/mol. The van der Waals surface area contributed by atoms with Gasteiger partial charge in [0.25, 0.3) is 0 Å². The first kappa shape index (κ1) is 44.6. The lowest BCUT2D eigenvalue weighted by Gasteiger charge is -2.46. The molecule has 16 heteroatoms. The van der Waals surface area contributed by atoms with Gasteiger partial charge in [0.05, 0.1) is 38.8 Å². The number of carbonyl (C=O) groups is 5. The molecule has 0 saturated carbocycles. The van der Waals surface area contributed by atoms with Crippen LogP contribution in [0.3, 0.4) is 0 Å². The van der Waals surface area contributed by atoms with Crippen molar-refractivity contribution in [1.82, 2.24) is 19.8 Å². The number of aliphatic hydroxyl groups is 1. The van der Waals surface area contributed by atoms with Gasteiger partial charge in [-0.15, -0.1) is 0 Å². The molecule has 2 amide bonds. The van der Waals surface area contributed by atoms with Crippen LogP contribution in [0.5, 0.6) is 5.75 Å². The molecule has 4 aromatic carbocycles. The van der Waals surface area contributed by atoms with Gasteiger partial charge in [0.2, 0.25) is 17.8 Å². The molecule has 0 bridgehead atoms. The van der Waals surface area contributed by atoms with Gasteiger partial charge in [0, 0.05) is 56.2 Å². The third-order valence-electron chi connectivity index (χ3n) is 13.1. The molecule has 67 heavy (non-hydrogen) atoms. The first-order chi connectivity index (χ1) is 32.7. The highest BCUT2D eigenvalue weighted by atomic mass is 16.6. The number of cyclic esters (lactones) is 1. The van der Waals surface area contributed by atoms with Gasteiger partial charge in [0.15, 0.2) is 5.92 Å². The van der Waals surface area contributed by atoms with E-state index < -0.39 is 71.2 Å². The van der Waals surface area contributed by atoms with Crippen molar-refractivity contribution in [2.24, 2.45) is 11.8 Å². The maximum atomic E-state index is 15.9. The summed E-state index contributed by atoms with van der Waals surface area (Å²) >= 11 is 0. The molecule has 9 rings (SSSR count). The largest absolute Gasteiger partial charge is 0.491 e. The quantitative estimate of drug-likeness (QED) is 0.0832. The number of esters is 3. The Morgan fingerprint density at radius 3 is 2.12 bits per heavy atom. The summed E-state index contributed by atoms with van der Waals surface area (Å²) in [5, 5.41) is 12.7. The van der Waals surface area contributed by atoms with Crippen LogP contribution < -0.4 is 15.0 Å². The summed E-state index contributed by atoms with van der Waals surface area (Å²) in [7, 11) is 2.35. The number of fused-ring (bicyclic) bond motifs is 3. The van der Waals surface area contributed by atoms with Crippen LogP contribution in [-0.4, -0.2) is 114 Å². The number of hydrogen-bond acceptors (Lipinski definition) is 14. The fourth-order valence-corrected chi connectivity index (χ4v) is 10.1. The number of nitrogens with zero attached hydrogens (tertiary/aromatic N) is 5. The van der Waals surface area contributed by atoms with E-state index in [-0.39, 0.29) is 32.7 Å². The van der Waals surface area contributed by atoms with Crippen molar-refractivity contribution >= 4 is 41.4 Å². The van der Waals surface area contributed by atoms with Gasteiger partial charge in [-0.1, -0.05) is 84.6 Å². The number of nitrogens with one attached hydrogen (secondary N) is 1. The van der Waals surface area contributed by atoms with Gasteiger partial charge >= 0.3 is 17.9 Å². The molecule has 342 valence electrons. The van der Waals surface area contributed by atoms with Crippen LogP contribution in [0.1, 0.15) is 52.4 Å². The molecule has 3 fully saturated rings. The fraction of sp³-hybridized carbons (Fsp3) is 0.314. The molecule has 5 aromatic rings. The lowest BCUT2D eigenvalue weighted by molar-refractivity contribution is -0.179. The van der Waals surface area contributed by atoms with E-state index in [1.807, 2.05) is 82.6 Å². The average Bonchev–Trinajstić information content (AvgIpc) is 3.85. The molecule has 16 nitrogen and oxygen atoms in total. The Kier molecular flexibility index (Phi) is 12.7. The number of ether oxygens (including phenoxy) is 4. The standard InChI is InChI=1S/C51H48N6O10/c1-64-46(60)37(47(61)65-2)16-9-11-32-17-22-39-38(31-32)51(49(63)54-39)40(45(59)55-25-27-56(28-26-55)50-52-23-10-24-53-50)42-48(62)67-43(34-14-7-4-8-15-34)41(33-12-5-3-6-13-33)57(42)44(51)35-18-20-36(21-19-35)66-30-29-58/h3-8,10,12-15,17-24,31,37,40-44,58H,16,25-30H2,1-2H3,(H,54,63)/t40-,41-,42-,43?,44+,51-/m0/s1. The maximum absolute atomic E-state index is 15.9. The number of carbonyl (C=O) groups excluding carboxylic acids is 5. The van der Waals surface area contributed by atoms with Crippen LogP contribution in [0.2, 0.25) is 0 Å². The second-order valence-electron chi connectivity index (χ2n) is 16.6. The fourth-order valence-electron chi connectivity index (χ4n) is 10.1. The van der Waals surface area contributed by atoms with Crippen LogP contribution in [-0.2, 0) is 43.6 Å². The second kappa shape index (κ2) is 19.1. The Labute approximate surface area is 386 Å². The predicted molar refractivity (Wildman–Crippen MR) is 242 cm³/mol. The van der Waals surface area contributed by atoms with E-state index in [2.05, 4.69) is 27.1 Å². The molecule has 1 spiro atoms. The van der Waals surface area contributed by atoms with Gasteiger partial charge in [0.1, 0.15) is 29.9 Å². The normalized spacial score (nSPS) is 23.1. The SMILES string of the molecule is COC(=O)C(CC#Cc1ccc2c(c1)[C@]1(C(=O)N2)[C@H](C(=O)N2CCN(c3ncccn3)CC2)[C@H]2C(=O)OC(c3ccccc3)[C@H](c3ccccc3)N2[C@@H]1c1ccc(OCCO)cc1)C(=O)OC. The van der Waals surface area contributed by atoms with Gasteiger partial charge in [-0.25, -0.2) is 9.97 Å². The summed E-state index contributed by atoms with van der Waals surface area (Å²) in [6, 6.07) is 30.1. The van der Waals surface area contributed by atoms with Crippen molar-refractivity contribution in [2.75, 3.05) is 63.8 Å². The van der Waals surface area contributed by atoms with Gasteiger partial charge in [-0.3, -0.25) is 28.9 Å². The van der Waals surface area contributed by atoms with Gasteiger partial charge in [-0.05, 0) is 58.7 Å². The van der Waals surface area contributed by atoms with E-state index in [4.69, 9.17) is 18.9 Å². The van der Waals surface area contributed by atoms with Crippen molar-refractivity contribution < 1.29 is 48.0 Å². The third-order valence-corrected chi connectivity index (χ3v) is 13.1. The van der Waals surface area contributed by atoms with E-state index in [9.17, 15) is 14.7 Å². The zero-order valence-corrected chi connectivity index (χ0v) is 36.8. The summed E-state index contributed by atoms with van der Waals surface area (Å²) in [6.45, 7) is 1.16. The molecule has 0 radical (unpaired) electrons. The zero-order valence-electron chi connectivity index (χ0n) is 36.8. The van der Waals surface area contributed by atoms with Gasteiger partial charge in [-0.2, -0.15) is 0 Å². The number of hydrogen-bond donors (Lipinski definition) is 2. The Balaban J connectivity index is 1.25. The lowest BCUT2D eigenvalue weighted by Crippen LogP contribution is -2.58. The number of amides is 2. The van der Waals surface area contributed by atoms with E-state index in [1.165, 1.54) is 14.2 Å². The summed E-state index contributed by atoms with van der Waals surface area (Å²) < 4.78 is 22.0. The van der Waals surface area contributed by atoms with Crippen molar-refractivity contribution in [3.8, 4) is 17.6 Å². The first-order valence-electron chi connectivity index (χ1n) is 22.0. The average molecular weight is 905 g/mol. The van der Waals surface area contributed by atoms with Gasteiger partial charge < -0.3 is 39.2 Å². The maximum Gasteiger partial charge on any atom is 0.324 e. The number of aliphatic hydroxyl groups excluding tert-OH is 1. The number of piperazine rings is 1. The third kappa shape index (κ3) is 8.10. The lowest BCUT2D eigenvalue weighted by atomic mass is 9.65. The number of morpholine rings is 1. The van der Waals surface area contributed by atoms with Crippen molar-refractivity contribution in [3.05, 3.63) is 149 Å². The molecule has 0 aliphatic carbocycles. The molecule has 4 aliphatic rings. The van der Waals surface area contributed by atoms with Crippen LogP contribution in [0.15, 0.2) is 122 Å². The molecule has 3 saturated heterocycles. The molecular formula is C51H48N6O10. The smallest absolute Gasteiger partial charge is 0.324 e. The number of aromatic nitrogens is 2. The number of rotatable bonds is 11. The van der Waals surface area contributed by atoms with Crippen molar-refractivity contribution in [1.29, 1.82) is 0 Å². The first-order valence-corrected chi connectivity index (χ1v) is 22.0. The highest BCUT2D eigenvalue weighted by molar-refractivity contribution is 6.12. The second-order valence-corrected chi connectivity index (χ2v) is 16.6. The Hall–Kier alpha value is -7.61. The minimum Gasteiger partial charge on any atom is -0.491 e. The molecule has 1 unspecified atom stereocenters. The van der Waals surface area contributed by atoms with Crippen LogP contribution >= 0.6 is 0 Å². The number of anilines is 2. The summed E-state index contributed by atoms with van der Waals surface area (Å²) in [5.41, 5.74) is 1.63. The van der Waals surface area contributed by atoms with E-state index in [1.54, 1.807) is 53.7 Å². The topological polar surface area (TPSA) is 190 Å². The van der Waals surface area contributed by atoms with E-state index >= 15 is 14.4 Å². The molecule has 5 heterocycles. The highest BCUT2D eigenvalue weighted by Gasteiger charge is 2.74. The number of methoxy groups -OCH3 is 2. The Morgan fingerprint density at radius 1 is 0.821 bits per heavy atom. The van der Waals surface area contributed by atoms with Crippen LogP contribution in [0.4, 0.5) is 11.6 Å². The van der Waals surface area contributed by atoms with E-state index in [0.717, 1.165) is 11.1 Å². The summed E-state index contributed by atoms with van der Waals surface area (Å²) in [4.78, 5) is 86.5. The zero-order chi connectivity index (χ0) is 46.7. The minimum absolute atomic E-state index is 0.0570. The monoisotopic (exact) mass is 904 g/mol. The minimum atomic E-state index is -1.79. The molecule has 2 N–H and O–H groups in total. The van der Waals surface area contributed by atoms with Crippen molar-refractivity contribution in [2.45, 2.75) is 36.1 Å². The van der Waals surface area contributed by atoms with Crippen molar-refractivity contribution in [3.63, 3.8) is 0 Å². The highest BCUT2D eigenvalue weighted by Crippen LogP contribution is 2.65. The van der Waals surface area contributed by atoms with Crippen LogP contribution in [0, 0.1) is 23.7 Å². The van der Waals surface area contributed by atoms with Crippen LogP contribution in [0.25, 0.3) is 0 Å². The Bertz CT molecular complexity index is 2690. The molecule has 4 aliphatic heterocycles. The predicted octanol–water partition coefficient (Wildman–Crippen LogP) is 4.17.